The van der Waals surface area contributed by atoms with Crippen LogP contribution in [0, 0.1) is 0 Å². The van der Waals surface area contributed by atoms with E-state index in [1.165, 1.54) is 7.11 Å². The standard InChI is InChI=1S/C10H9F5O7S2/c1-21-6-2-4-7(5-3-6)23(16,17)22-8(9(11,12)13)10(14,15)24(18,19)20/h2-5,8H,1H3,(H,18,19,20). The quantitative estimate of drug-likeness (QED) is 0.441. The van der Waals surface area contributed by atoms with Crippen molar-refractivity contribution in [3.05, 3.63) is 24.3 Å². The Labute approximate surface area is 132 Å². The molecule has 0 aliphatic rings. The molecule has 14 heteroatoms. The molecule has 0 aliphatic carbocycles. The molecular formula is C10H9F5O7S2. The minimum absolute atomic E-state index is 0.101. The van der Waals surface area contributed by atoms with Gasteiger partial charge in [-0.25, -0.2) is 4.18 Å². The van der Waals surface area contributed by atoms with Gasteiger partial charge in [-0.05, 0) is 24.3 Å². The number of halogens is 5. The molecule has 138 valence electrons. The molecule has 0 heterocycles. The molecule has 0 aromatic heterocycles. The molecule has 0 saturated heterocycles. The van der Waals surface area contributed by atoms with Crippen molar-refractivity contribution < 1.29 is 52.3 Å². The van der Waals surface area contributed by atoms with Crippen molar-refractivity contribution in [2.45, 2.75) is 22.4 Å². The maximum absolute atomic E-state index is 13.3. The number of ether oxygens (including phenoxy) is 1. The van der Waals surface area contributed by atoms with Crippen LogP contribution >= 0.6 is 0 Å². The first-order valence-corrected chi connectivity index (χ1v) is 8.46. The van der Waals surface area contributed by atoms with Crippen molar-refractivity contribution in [3.8, 4) is 5.75 Å². The fourth-order valence-corrected chi connectivity index (χ4v) is 2.94. The molecule has 1 aromatic rings. The van der Waals surface area contributed by atoms with Gasteiger partial charge in [0.1, 0.15) is 5.75 Å². The maximum Gasteiger partial charge on any atom is 0.423 e. The largest absolute Gasteiger partial charge is 0.497 e. The Morgan fingerprint density at radius 3 is 1.79 bits per heavy atom. The Bertz CT molecular complexity index is 784. The van der Waals surface area contributed by atoms with E-state index in [1.807, 2.05) is 0 Å². The van der Waals surface area contributed by atoms with Gasteiger partial charge in [0.15, 0.2) is 0 Å². The summed E-state index contributed by atoms with van der Waals surface area (Å²) in [5, 5.41) is -5.95. The predicted octanol–water partition coefficient (Wildman–Crippen LogP) is 1.81. The van der Waals surface area contributed by atoms with Gasteiger partial charge in [-0.3, -0.25) is 4.55 Å². The van der Waals surface area contributed by atoms with Crippen LogP contribution in [0.1, 0.15) is 0 Å². The van der Waals surface area contributed by atoms with Crippen molar-refractivity contribution in [2.75, 3.05) is 7.11 Å². The van der Waals surface area contributed by atoms with Gasteiger partial charge in [0.05, 0.1) is 12.0 Å². The van der Waals surface area contributed by atoms with Gasteiger partial charge in [0.2, 0.25) is 0 Å². The molecule has 0 fully saturated rings. The van der Waals surface area contributed by atoms with E-state index in [2.05, 4.69) is 8.92 Å². The second-order valence-electron chi connectivity index (χ2n) is 4.18. The van der Waals surface area contributed by atoms with Crippen LogP contribution in [-0.4, -0.2) is 46.0 Å². The van der Waals surface area contributed by atoms with Crippen molar-refractivity contribution in [2.24, 2.45) is 0 Å². The molecule has 0 radical (unpaired) electrons. The van der Waals surface area contributed by atoms with E-state index in [0.29, 0.717) is 12.1 Å². The highest BCUT2D eigenvalue weighted by molar-refractivity contribution is 7.87. The van der Waals surface area contributed by atoms with E-state index in [1.54, 1.807) is 0 Å². The molecular weight excluding hydrogens is 391 g/mol. The SMILES string of the molecule is COc1ccc(S(=O)(=O)OC(C(F)(F)F)C(F)(F)S(=O)(=O)O)cc1. The molecule has 1 aromatic carbocycles. The summed E-state index contributed by atoms with van der Waals surface area (Å²) in [5.74, 6) is 0.101. The summed E-state index contributed by atoms with van der Waals surface area (Å²) in [6, 6.07) is 3.35. The zero-order valence-corrected chi connectivity index (χ0v) is 13.1. The fraction of sp³-hybridized carbons (Fsp3) is 0.400. The molecule has 24 heavy (non-hydrogen) atoms. The number of hydrogen-bond donors (Lipinski definition) is 1. The average Bonchev–Trinajstić information content (AvgIpc) is 2.42. The Morgan fingerprint density at radius 2 is 1.46 bits per heavy atom. The summed E-state index contributed by atoms with van der Waals surface area (Å²) in [6.07, 6.45) is -10.8. The van der Waals surface area contributed by atoms with Gasteiger partial charge in [-0.15, -0.1) is 0 Å². The highest BCUT2D eigenvalue weighted by Gasteiger charge is 2.66. The van der Waals surface area contributed by atoms with Crippen LogP contribution in [0.25, 0.3) is 0 Å². The lowest BCUT2D eigenvalue weighted by atomic mass is 10.3. The first-order valence-electron chi connectivity index (χ1n) is 5.62. The second-order valence-corrected chi connectivity index (χ2v) is 7.25. The number of methoxy groups -OCH3 is 1. The molecule has 0 spiro atoms. The third kappa shape index (κ3) is 4.31. The van der Waals surface area contributed by atoms with Gasteiger partial charge in [0, 0.05) is 0 Å². The van der Waals surface area contributed by atoms with Gasteiger partial charge in [-0.1, -0.05) is 0 Å². The van der Waals surface area contributed by atoms with E-state index in [-0.39, 0.29) is 5.75 Å². The number of hydrogen-bond acceptors (Lipinski definition) is 6. The lowest BCUT2D eigenvalue weighted by molar-refractivity contribution is -0.237. The summed E-state index contributed by atoms with van der Waals surface area (Å²) < 4.78 is 125. The lowest BCUT2D eigenvalue weighted by Gasteiger charge is -2.25. The third-order valence-electron chi connectivity index (χ3n) is 2.52. The van der Waals surface area contributed by atoms with E-state index in [4.69, 9.17) is 4.55 Å². The molecule has 0 bridgehead atoms. The van der Waals surface area contributed by atoms with Crippen LogP contribution in [0.4, 0.5) is 22.0 Å². The normalized spacial score (nSPS) is 15.1. The molecule has 1 rings (SSSR count). The highest BCUT2D eigenvalue weighted by Crippen LogP contribution is 2.39. The first-order chi connectivity index (χ1) is 10.6. The molecule has 1 atom stereocenters. The summed E-state index contributed by atoms with van der Waals surface area (Å²) in [6.45, 7) is 0. The molecule has 0 saturated carbocycles. The number of alkyl halides is 5. The average molecular weight is 400 g/mol. The lowest BCUT2D eigenvalue weighted by Crippen LogP contribution is -2.52. The van der Waals surface area contributed by atoms with E-state index in [0.717, 1.165) is 12.1 Å². The van der Waals surface area contributed by atoms with Crippen LogP contribution in [0.2, 0.25) is 0 Å². The first kappa shape index (κ1) is 20.5. The van der Waals surface area contributed by atoms with Crippen molar-refractivity contribution in [1.82, 2.24) is 0 Å². The zero-order valence-electron chi connectivity index (χ0n) is 11.5. The minimum atomic E-state index is -6.61. The molecule has 1 unspecified atom stereocenters. The molecule has 7 nitrogen and oxygen atoms in total. The fourth-order valence-electron chi connectivity index (χ4n) is 1.36. The van der Waals surface area contributed by atoms with Gasteiger partial charge < -0.3 is 4.74 Å². The van der Waals surface area contributed by atoms with Gasteiger partial charge in [0.25, 0.3) is 16.2 Å². The van der Waals surface area contributed by atoms with Crippen LogP contribution in [-0.2, 0) is 24.4 Å². The highest BCUT2D eigenvalue weighted by atomic mass is 32.2. The summed E-state index contributed by atoms with van der Waals surface area (Å²) >= 11 is 0. The Hall–Kier alpha value is -1.51. The Balaban J connectivity index is 3.32. The Kier molecular flexibility index (Phi) is 5.49. The monoisotopic (exact) mass is 400 g/mol. The topological polar surface area (TPSA) is 107 Å². The molecule has 0 aliphatic heterocycles. The van der Waals surface area contributed by atoms with Crippen molar-refractivity contribution >= 4 is 20.2 Å². The minimum Gasteiger partial charge on any atom is -0.497 e. The van der Waals surface area contributed by atoms with Crippen LogP contribution in [0.3, 0.4) is 0 Å². The molecule has 0 amide bonds. The van der Waals surface area contributed by atoms with E-state index in [9.17, 15) is 38.8 Å². The van der Waals surface area contributed by atoms with Gasteiger partial charge in [-0.2, -0.15) is 38.8 Å². The zero-order chi connectivity index (χ0) is 19.0. The number of benzene rings is 1. The summed E-state index contributed by atoms with van der Waals surface area (Å²) in [5.41, 5.74) is 0. The maximum atomic E-state index is 13.3. The number of rotatable bonds is 6. The van der Waals surface area contributed by atoms with Gasteiger partial charge >= 0.3 is 21.5 Å². The smallest absolute Gasteiger partial charge is 0.423 e. The Morgan fingerprint density at radius 1 is 1.00 bits per heavy atom. The summed E-state index contributed by atoms with van der Waals surface area (Å²) in [4.78, 5) is -0.969. The predicted molar refractivity (Wildman–Crippen MR) is 67.6 cm³/mol. The summed E-state index contributed by atoms with van der Waals surface area (Å²) in [7, 11) is -10.9. The van der Waals surface area contributed by atoms with Crippen LogP contribution in [0.15, 0.2) is 29.2 Å². The van der Waals surface area contributed by atoms with Crippen molar-refractivity contribution in [3.63, 3.8) is 0 Å². The van der Waals surface area contributed by atoms with Crippen molar-refractivity contribution in [1.29, 1.82) is 0 Å². The second kappa shape index (κ2) is 6.42. The van der Waals surface area contributed by atoms with E-state index < -0.39 is 42.7 Å². The van der Waals surface area contributed by atoms with Crippen LogP contribution < -0.4 is 4.74 Å². The molecule has 1 N–H and O–H groups in total. The van der Waals surface area contributed by atoms with Crippen LogP contribution in [0.5, 0.6) is 5.75 Å². The third-order valence-corrected chi connectivity index (χ3v) is 4.71. The van der Waals surface area contributed by atoms with E-state index >= 15 is 0 Å².